The van der Waals surface area contributed by atoms with E-state index in [2.05, 4.69) is 9.98 Å². The van der Waals surface area contributed by atoms with Gasteiger partial charge in [0.1, 0.15) is 11.5 Å². The number of thiazole rings is 1. The smallest absolute Gasteiger partial charge is 0.190 e. The first-order chi connectivity index (χ1) is 14.5. The number of hydrogen-bond donors (Lipinski definition) is 0. The van der Waals surface area contributed by atoms with Gasteiger partial charge >= 0.3 is 0 Å². The highest BCUT2D eigenvalue weighted by Gasteiger charge is 2.13. The number of imidazole rings is 1. The number of aromatic nitrogens is 3. The maximum Gasteiger partial charge on any atom is 0.190 e. The monoisotopic (exact) mass is 464 g/mol. The van der Waals surface area contributed by atoms with Crippen LogP contribution in [-0.4, -0.2) is 14.1 Å². The molecule has 0 bridgehead atoms. The number of hydrogen-bond acceptors (Lipinski definition) is 3. The van der Waals surface area contributed by atoms with Gasteiger partial charge in [0.15, 0.2) is 10.6 Å². The fourth-order valence-electron chi connectivity index (χ4n) is 3.05. The predicted molar refractivity (Wildman–Crippen MR) is 116 cm³/mol. The highest BCUT2D eigenvalue weighted by molar-refractivity contribution is 7.07. The Labute approximate surface area is 185 Å². The topological polar surface area (TPSA) is 35.1 Å². The maximum atomic E-state index is 14.2. The van der Waals surface area contributed by atoms with Gasteiger partial charge in [-0.25, -0.2) is 18.8 Å². The van der Waals surface area contributed by atoms with E-state index in [1.807, 2.05) is 20.7 Å². The van der Waals surface area contributed by atoms with Gasteiger partial charge < -0.3 is 9.13 Å². The summed E-state index contributed by atoms with van der Waals surface area (Å²) in [6, 6.07) is 8.59. The molecule has 0 N–H and O–H groups in total. The molecule has 30 heavy (non-hydrogen) atoms. The second kappa shape index (κ2) is 9.12. The SMILES string of the molecule is Fc1ccc(N=c2scc(-c3cc(Cl)ccc3Cl)n2CCCn2ccnc2)c(F)c1. The van der Waals surface area contributed by atoms with Crippen molar-refractivity contribution in [1.82, 2.24) is 14.1 Å². The first-order valence-corrected chi connectivity index (χ1v) is 10.7. The van der Waals surface area contributed by atoms with Crippen LogP contribution in [0.2, 0.25) is 10.0 Å². The lowest BCUT2D eigenvalue weighted by molar-refractivity contribution is 0.557. The zero-order valence-corrected chi connectivity index (χ0v) is 17.9. The predicted octanol–water partition coefficient (Wildman–Crippen LogP) is 6.32. The van der Waals surface area contributed by atoms with Crippen molar-refractivity contribution >= 4 is 40.2 Å². The van der Waals surface area contributed by atoms with E-state index in [1.54, 1.807) is 30.7 Å². The third kappa shape index (κ3) is 4.64. The van der Waals surface area contributed by atoms with Crippen LogP contribution < -0.4 is 4.80 Å². The van der Waals surface area contributed by atoms with Crippen LogP contribution in [-0.2, 0) is 13.1 Å². The van der Waals surface area contributed by atoms with Crippen LogP contribution in [0, 0.1) is 11.6 Å². The zero-order valence-electron chi connectivity index (χ0n) is 15.6. The third-order valence-corrected chi connectivity index (χ3v) is 5.91. The summed E-state index contributed by atoms with van der Waals surface area (Å²) < 4.78 is 31.4. The van der Waals surface area contributed by atoms with E-state index >= 15 is 0 Å². The number of rotatable bonds is 6. The van der Waals surface area contributed by atoms with Crippen molar-refractivity contribution in [1.29, 1.82) is 0 Å². The molecule has 2 aromatic carbocycles. The Morgan fingerprint density at radius 2 is 1.93 bits per heavy atom. The van der Waals surface area contributed by atoms with Crippen LogP contribution >= 0.6 is 34.5 Å². The number of nitrogens with zero attached hydrogens (tertiary/aromatic N) is 4. The van der Waals surface area contributed by atoms with Crippen LogP contribution in [0.25, 0.3) is 11.3 Å². The standard InChI is InChI=1S/C21H16Cl2F2N4S/c22-14-2-4-17(23)16(10-14)20-12-30-21(27-19-5-3-15(24)11-18(19)25)29(20)8-1-7-28-9-6-26-13-28/h2-6,9-13H,1,7-8H2. The maximum absolute atomic E-state index is 14.2. The van der Waals surface area contributed by atoms with E-state index in [9.17, 15) is 8.78 Å². The zero-order chi connectivity index (χ0) is 21.1. The van der Waals surface area contributed by atoms with E-state index < -0.39 is 11.6 Å². The molecule has 0 spiro atoms. The fourth-order valence-corrected chi connectivity index (χ4v) is 4.38. The van der Waals surface area contributed by atoms with Gasteiger partial charge in [0.05, 0.1) is 17.0 Å². The van der Waals surface area contributed by atoms with Crippen LogP contribution in [0.15, 0.2) is 65.5 Å². The van der Waals surface area contributed by atoms with E-state index in [1.165, 1.54) is 23.5 Å². The van der Waals surface area contributed by atoms with Gasteiger partial charge in [-0.05, 0) is 36.8 Å². The molecule has 2 heterocycles. The number of aryl methyl sites for hydroxylation is 1. The molecule has 0 amide bonds. The van der Waals surface area contributed by atoms with Crippen molar-refractivity contribution in [3.63, 3.8) is 0 Å². The molecule has 0 aliphatic heterocycles. The Morgan fingerprint density at radius 1 is 1.07 bits per heavy atom. The molecule has 4 nitrogen and oxygen atoms in total. The highest BCUT2D eigenvalue weighted by Crippen LogP contribution is 2.31. The average molecular weight is 465 g/mol. The molecule has 2 aromatic heterocycles. The van der Waals surface area contributed by atoms with Gasteiger partial charge in [-0.3, -0.25) is 0 Å². The van der Waals surface area contributed by atoms with Crippen molar-refractivity contribution < 1.29 is 8.78 Å². The first-order valence-electron chi connectivity index (χ1n) is 9.10. The molecule has 9 heteroatoms. The second-order valence-corrected chi connectivity index (χ2v) is 8.22. The molecule has 0 radical (unpaired) electrons. The van der Waals surface area contributed by atoms with Crippen LogP contribution in [0.3, 0.4) is 0 Å². The summed E-state index contributed by atoms with van der Waals surface area (Å²) in [7, 11) is 0. The molecule has 0 saturated carbocycles. The lowest BCUT2D eigenvalue weighted by Crippen LogP contribution is -2.17. The van der Waals surface area contributed by atoms with Crippen LogP contribution in [0.4, 0.5) is 14.5 Å². The summed E-state index contributed by atoms with van der Waals surface area (Å²) >= 11 is 14.0. The van der Waals surface area contributed by atoms with Crippen LogP contribution in [0.5, 0.6) is 0 Å². The van der Waals surface area contributed by atoms with E-state index in [-0.39, 0.29) is 5.69 Å². The van der Waals surface area contributed by atoms with Crippen molar-refractivity contribution in [2.24, 2.45) is 4.99 Å². The first kappa shape index (κ1) is 20.8. The molecule has 154 valence electrons. The number of benzene rings is 2. The molecule has 4 rings (SSSR count). The Kier molecular flexibility index (Phi) is 6.32. The molecule has 0 unspecified atom stereocenters. The summed E-state index contributed by atoms with van der Waals surface area (Å²) in [6.07, 6.45) is 6.17. The van der Waals surface area contributed by atoms with Crippen LogP contribution in [0.1, 0.15) is 6.42 Å². The van der Waals surface area contributed by atoms with Gasteiger partial charge in [-0.15, -0.1) is 11.3 Å². The Morgan fingerprint density at radius 3 is 2.70 bits per heavy atom. The third-order valence-electron chi connectivity index (χ3n) is 4.49. The molecule has 0 aliphatic rings. The van der Waals surface area contributed by atoms with Gasteiger partial charge in [-0.2, -0.15) is 0 Å². The largest absolute Gasteiger partial charge is 0.337 e. The minimum Gasteiger partial charge on any atom is -0.337 e. The molecule has 0 saturated heterocycles. The molecule has 0 fully saturated rings. The van der Waals surface area contributed by atoms with Gasteiger partial charge in [0.2, 0.25) is 0 Å². The van der Waals surface area contributed by atoms with Gasteiger partial charge in [-0.1, -0.05) is 23.2 Å². The lowest BCUT2D eigenvalue weighted by Gasteiger charge is -2.11. The minimum atomic E-state index is -0.712. The summed E-state index contributed by atoms with van der Waals surface area (Å²) in [5.74, 6) is -1.35. The summed E-state index contributed by atoms with van der Waals surface area (Å²) in [5, 5.41) is 3.03. The summed E-state index contributed by atoms with van der Waals surface area (Å²) in [6.45, 7) is 1.37. The molecular formula is C21H16Cl2F2N4S. The fraction of sp³-hybridized carbons (Fsp3) is 0.143. The van der Waals surface area contributed by atoms with Gasteiger partial charge in [0.25, 0.3) is 0 Å². The van der Waals surface area contributed by atoms with E-state index in [0.717, 1.165) is 30.3 Å². The lowest BCUT2D eigenvalue weighted by atomic mass is 10.1. The molecule has 0 atom stereocenters. The summed E-state index contributed by atoms with van der Waals surface area (Å²) in [4.78, 5) is 9.07. The quantitative estimate of drug-likeness (QED) is 0.328. The minimum absolute atomic E-state index is 0.0744. The Bertz CT molecular complexity index is 1230. The van der Waals surface area contributed by atoms with E-state index in [4.69, 9.17) is 23.2 Å². The average Bonchev–Trinajstić information content (AvgIpc) is 3.36. The number of halogens is 4. The summed E-state index contributed by atoms with van der Waals surface area (Å²) in [5.41, 5.74) is 1.67. The molecule has 4 aromatic rings. The van der Waals surface area contributed by atoms with Crippen molar-refractivity contribution in [2.75, 3.05) is 0 Å². The van der Waals surface area contributed by atoms with Crippen molar-refractivity contribution in [3.05, 3.63) is 87.0 Å². The molecular weight excluding hydrogens is 449 g/mol. The highest BCUT2D eigenvalue weighted by atomic mass is 35.5. The van der Waals surface area contributed by atoms with E-state index in [0.29, 0.717) is 21.4 Å². The molecule has 0 aliphatic carbocycles. The second-order valence-electron chi connectivity index (χ2n) is 6.54. The Hall–Kier alpha value is -2.48. The Balaban J connectivity index is 1.76. The normalized spacial score (nSPS) is 11.9. The van der Waals surface area contributed by atoms with Gasteiger partial charge in [0, 0.05) is 47.5 Å². The van der Waals surface area contributed by atoms with Crippen molar-refractivity contribution in [3.8, 4) is 11.3 Å². The van der Waals surface area contributed by atoms with Crippen molar-refractivity contribution in [2.45, 2.75) is 19.5 Å².